The second-order valence-corrected chi connectivity index (χ2v) is 6.89. The summed E-state index contributed by atoms with van der Waals surface area (Å²) in [7, 11) is 4.14. The Kier molecular flexibility index (Phi) is 11.8. The van der Waals surface area contributed by atoms with E-state index in [9.17, 15) is 5.11 Å². The van der Waals surface area contributed by atoms with E-state index >= 15 is 0 Å². The molecule has 0 spiro atoms. The SMILES string of the molecule is CCNC(=NCc1ccc(CN(C)C)cc1)NCCC(O)c1ccccc1.I. The van der Waals surface area contributed by atoms with Gasteiger partial charge in [0.1, 0.15) is 0 Å². The molecule has 1 unspecified atom stereocenters. The first-order valence-electron chi connectivity index (χ1n) is 9.56. The topological polar surface area (TPSA) is 59.9 Å². The molecule has 1 atom stereocenters. The minimum Gasteiger partial charge on any atom is -0.388 e. The summed E-state index contributed by atoms with van der Waals surface area (Å²) in [5.41, 5.74) is 3.42. The van der Waals surface area contributed by atoms with E-state index in [1.165, 1.54) is 11.1 Å². The number of hydrogen-bond donors (Lipinski definition) is 3. The second kappa shape index (κ2) is 13.5. The molecule has 2 aromatic rings. The van der Waals surface area contributed by atoms with Gasteiger partial charge in [0.05, 0.1) is 12.6 Å². The van der Waals surface area contributed by atoms with Crippen LogP contribution in [0.2, 0.25) is 0 Å². The van der Waals surface area contributed by atoms with E-state index in [-0.39, 0.29) is 24.0 Å². The number of aliphatic hydroxyl groups is 1. The summed E-state index contributed by atoms with van der Waals surface area (Å²) in [5, 5.41) is 16.8. The normalized spacial score (nSPS) is 12.4. The van der Waals surface area contributed by atoms with Crippen LogP contribution < -0.4 is 10.6 Å². The number of nitrogens with zero attached hydrogens (tertiary/aromatic N) is 2. The van der Waals surface area contributed by atoms with Crippen LogP contribution in [0.4, 0.5) is 0 Å². The highest BCUT2D eigenvalue weighted by Crippen LogP contribution is 2.14. The minimum atomic E-state index is -0.467. The van der Waals surface area contributed by atoms with Gasteiger partial charge in [0, 0.05) is 19.6 Å². The highest BCUT2D eigenvalue weighted by atomic mass is 127. The summed E-state index contributed by atoms with van der Waals surface area (Å²) >= 11 is 0. The molecule has 0 fully saturated rings. The van der Waals surface area contributed by atoms with Crippen molar-refractivity contribution in [1.29, 1.82) is 0 Å². The minimum absolute atomic E-state index is 0. The molecule has 2 aromatic carbocycles. The van der Waals surface area contributed by atoms with Crippen LogP contribution >= 0.6 is 24.0 Å². The molecule has 0 heterocycles. The summed E-state index contributed by atoms with van der Waals surface area (Å²) in [6.45, 7) is 5.07. The van der Waals surface area contributed by atoms with E-state index in [1.807, 2.05) is 37.3 Å². The Labute approximate surface area is 186 Å². The smallest absolute Gasteiger partial charge is 0.191 e. The molecule has 0 aliphatic carbocycles. The predicted molar refractivity (Wildman–Crippen MR) is 128 cm³/mol. The Balaban J connectivity index is 0.00000392. The van der Waals surface area contributed by atoms with Crippen LogP contribution in [0.1, 0.15) is 36.1 Å². The monoisotopic (exact) mass is 496 g/mol. The molecule has 6 heteroatoms. The van der Waals surface area contributed by atoms with Gasteiger partial charge in [-0.05, 0) is 44.1 Å². The fourth-order valence-corrected chi connectivity index (χ4v) is 2.80. The first-order valence-corrected chi connectivity index (χ1v) is 9.56. The average Bonchev–Trinajstić information content (AvgIpc) is 2.67. The number of nitrogens with one attached hydrogen (secondary N) is 2. The van der Waals surface area contributed by atoms with Crippen LogP contribution in [-0.2, 0) is 13.1 Å². The molecule has 5 nitrogen and oxygen atoms in total. The van der Waals surface area contributed by atoms with Gasteiger partial charge in [-0.15, -0.1) is 24.0 Å². The molecule has 0 aliphatic rings. The van der Waals surface area contributed by atoms with Gasteiger partial charge in [-0.2, -0.15) is 0 Å². The Morgan fingerprint density at radius 1 is 1.00 bits per heavy atom. The van der Waals surface area contributed by atoms with Gasteiger partial charge in [-0.1, -0.05) is 54.6 Å². The van der Waals surface area contributed by atoms with Crippen molar-refractivity contribution in [2.24, 2.45) is 4.99 Å². The lowest BCUT2D eigenvalue weighted by Crippen LogP contribution is -2.38. The Hall–Kier alpha value is -1.64. The third kappa shape index (κ3) is 9.03. The summed E-state index contributed by atoms with van der Waals surface area (Å²) < 4.78 is 0. The third-order valence-corrected chi connectivity index (χ3v) is 4.18. The quantitative estimate of drug-likeness (QED) is 0.283. The van der Waals surface area contributed by atoms with Gasteiger partial charge in [0.25, 0.3) is 0 Å². The summed E-state index contributed by atoms with van der Waals surface area (Å²) in [5.74, 6) is 0.773. The lowest BCUT2D eigenvalue weighted by atomic mass is 10.1. The Morgan fingerprint density at radius 3 is 2.25 bits per heavy atom. The van der Waals surface area contributed by atoms with E-state index in [0.717, 1.165) is 24.6 Å². The lowest BCUT2D eigenvalue weighted by Gasteiger charge is -2.14. The molecule has 3 N–H and O–H groups in total. The highest BCUT2D eigenvalue weighted by Gasteiger charge is 2.07. The molecule has 0 radical (unpaired) electrons. The third-order valence-electron chi connectivity index (χ3n) is 4.18. The molecule has 154 valence electrons. The highest BCUT2D eigenvalue weighted by molar-refractivity contribution is 14.0. The molecule has 28 heavy (non-hydrogen) atoms. The van der Waals surface area contributed by atoms with E-state index < -0.39 is 6.10 Å². The molecule has 0 aromatic heterocycles. The van der Waals surface area contributed by atoms with Crippen molar-refractivity contribution in [3.8, 4) is 0 Å². The second-order valence-electron chi connectivity index (χ2n) is 6.89. The fraction of sp³-hybridized carbons (Fsp3) is 0.409. The number of halogens is 1. The van der Waals surface area contributed by atoms with Crippen LogP contribution in [0.15, 0.2) is 59.6 Å². The number of rotatable bonds is 9. The zero-order valence-corrected chi connectivity index (χ0v) is 19.4. The van der Waals surface area contributed by atoms with Crippen molar-refractivity contribution >= 4 is 29.9 Å². The maximum absolute atomic E-state index is 10.3. The van der Waals surface area contributed by atoms with Crippen LogP contribution in [-0.4, -0.2) is 43.2 Å². The zero-order chi connectivity index (χ0) is 19.5. The van der Waals surface area contributed by atoms with E-state index in [0.29, 0.717) is 19.5 Å². The van der Waals surface area contributed by atoms with Crippen LogP contribution in [0, 0.1) is 0 Å². The molecular weight excluding hydrogens is 463 g/mol. The first kappa shape index (κ1) is 24.4. The van der Waals surface area contributed by atoms with Crippen molar-refractivity contribution in [3.05, 3.63) is 71.3 Å². The number of aliphatic hydroxyl groups excluding tert-OH is 1. The van der Waals surface area contributed by atoms with Crippen molar-refractivity contribution in [3.63, 3.8) is 0 Å². The summed E-state index contributed by atoms with van der Waals surface area (Å²) in [6.07, 6.45) is 0.166. The van der Waals surface area contributed by atoms with E-state index in [4.69, 9.17) is 0 Å². The molecule has 0 aliphatic heterocycles. The van der Waals surface area contributed by atoms with Crippen LogP contribution in [0.3, 0.4) is 0 Å². The maximum atomic E-state index is 10.3. The van der Waals surface area contributed by atoms with Crippen LogP contribution in [0.25, 0.3) is 0 Å². The largest absolute Gasteiger partial charge is 0.388 e. The molecule has 0 saturated carbocycles. The van der Waals surface area contributed by atoms with Gasteiger partial charge in [0.15, 0.2) is 5.96 Å². The molecule has 0 amide bonds. The molecule has 0 bridgehead atoms. The maximum Gasteiger partial charge on any atom is 0.191 e. The Bertz CT molecular complexity index is 689. The van der Waals surface area contributed by atoms with Gasteiger partial charge in [-0.3, -0.25) is 0 Å². The van der Waals surface area contributed by atoms with Gasteiger partial charge >= 0.3 is 0 Å². The number of hydrogen-bond acceptors (Lipinski definition) is 3. The van der Waals surface area contributed by atoms with E-state index in [2.05, 4.69) is 58.9 Å². The first-order chi connectivity index (χ1) is 13.1. The van der Waals surface area contributed by atoms with Crippen molar-refractivity contribution in [2.45, 2.75) is 32.5 Å². The number of guanidine groups is 1. The van der Waals surface area contributed by atoms with E-state index in [1.54, 1.807) is 0 Å². The molecule has 0 saturated heterocycles. The van der Waals surface area contributed by atoms with Crippen LogP contribution in [0.5, 0.6) is 0 Å². The zero-order valence-electron chi connectivity index (χ0n) is 17.1. The fourth-order valence-electron chi connectivity index (χ4n) is 2.80. The number of aliphatic imine (C=N–C) groups is 1. The molecular formula is C22H33IN4O. The number of benzene rings is 2. The average molecular weight is 496 g/mol. The van der Waals surface area contributed by atoms with Gasteiger partial charge in [0.2, 0.25) is 0 Å². The van der Waals surface area contributed by atoms with Gasteiger partial charge < -0.3 is 20.6 Å². The van der Waals surface area contributed by atoms with Crippen molar-refractivity contribution < 1.29 is 5.11 Å². The van der Waals surface area contributed by atoms with Crippen molar-refractivity contribution in [1.82, 2.24) is 15.5 Å². The molecule has 2 rings (SSSR count). The summed E-state index contributed by atoms with van der Waals surface area (Å²) in [4.78, 5) is 6.80. The van der Waals surface area contributed by atoms with Gasteiger partial charge in [-0.25, -0.2) is 4.99 Å². The summed E-state index contributed by atoms with van der Waals surface area (Å²) in [6, 6.07) is 18.3. The lowest BCUT2D eigenvalue weighted by molar-refractivity contribution is 0.168. The predicted octanol–water partition coefficient (Wildman–Crippen LogP) is 3.55. The standard InChI is InChI=1S/C22H32N4O.HI/c1-4-23-22(24-15-14-21(27)20-8-6-5-7-9-20)25-16-18-10-12-19(13-11-18)17-26(2)3;/h5-13,21,27H,4,14-17H2,1-3H3,(H2,23,24,25);1H. The van der Waals surface area contributed by atoms with Crippen molar-refractivity contribution in [2.75, 3.05) is 27.2 Å². The Morgan fingerprint density at radius 2 is 1.64 bits per heavy atom.